The van der Waals surface area contributed by atoms with E-state index in [2.05, 4.69) is 51.8 Å². The van der Waals surface area contributed by atoms with Crippen LogP contribution < -0.4 is 5.32 Å². The lowest BCUT2D eigenvalue weighted by atomic mass is 9.86. The van der Waals surface area contributed by atoms with E-state index in [0.717, 1.165) is 32.8 Å². The number of methoxy groups -OCH3 is 1. The van der Waals surface area contributed by atoms with Crippen LogP contribution >= 0.6 is 0 Å². The molecule has 0 aromatic rings. The zero-order valence-electron chi connectivity index (χ0n) is 13.5. The summed E-state index contributed by atoms with van der Waals surface area (Å²) in [4.78, 5) is 2.52. The molecule has 0 aromatic heterocycles. The Hall–Kier alpha value is -0.120. The van der Waals surface area contributed by atoms with E-state index in [0.29, 0.717) is 12.0 Å². The molecule has 1 unspecified atom stereocenters. The average molecular weight is 258 g/mol. The molecule has 0 fully saturated rings. The van der Waals surface area contributed by atoms with Crippen LogP contribution in [0.1, 0.15) is 41.5 Å². The lowest BCUT2D eigenvalue weighted by Crippen LogP contribution is -2.49. The maximum Gasteiger partial charge on any atom is 0.0589 e. The summed E-state index contributed by atoms with van der Waals surface area (Å²) in [6.45, 7) is 18.8. The van der Waals surface area contributed by atoms with E-state index < -0.39 is 0 Å². The van der Waals surface area contributed by atoms with Gasteiger partial charge in [0.1, 0.15) is 0 Å². The average Bonchev–Trinajstić information content (AvgIpc) is 2.23. The molecule has 3 heteroatoms. The van der Waals surface area contributed by atoms with Crippen molar-refractivity contribution in [3.63, 3.8) is 0 Å². The van der Waals surface area contributed by atoms with Gasteiger partial charge in [0.15, 0.2) is 0 Å². The monoisotopic (exact) mass is 258 g/mol. The van der Waals surface area contributed by atoms with Crippen molar-refractivity contribution in [2.45, 2.75) is 47.6 Å². The Balaban J connectivity index is 4.47. The van der Waals surface area contributed by atoms with Crippen LogP contribution in [0.3, 0.4) is 0 Å². The first-order valence-corrected chi connectivity index (χ1v) is 7.25. The number of likely N-dealkylation sites (N-methyl/N-ethyl adjacent to an activating group) is 1. The van der Waals surface area contributed by atoms with E-state index in [4.69, 9.17) is 4.74 Å². The van der Waals surface area contributed by atoms with Crippen molar-refractivity contribution in [2.75, 3.05) is 39.9 Å². The van der Waals surface area contributed by atoms with Crippen molar-refractivity contribution in [2.24, 2.45) is 11.3 Å². The van der Waals surface area contributed by atoms with E-state index >= 15 is 0 Å². The predicted octanol–water partition coefficient (Wildman–Crippen LogP) is 2.62. The fraction of sp³-hybridized carbons (Fsp3) is 1.00. The first kappa shape index (κ1) is 17.9. The fourth-order valence-corrected chi connectivity index (χ4v) is 2.14. The van der Waals surface area contributed by atoms with Gasteiger partial charge in [0.25, 0.3) is 0 Å². The molecule has 0 bridgehead atoms. The van der Waals surface area contributed by atoms with Gasteiger partial charge in [0.05, 0.1) is 6.61 Å². The molecule has 0 rings (SSSR count). The van der Waals surface area contributed by atoms with Gasteiger partial charge < -0.3 is 10.1 Å². The second-order valence-electron chi connectivity index (χ2n) is 6.62. The topological polar surface area (TPSA) is 24.5 Å². The highest BCUT2D eigenvalue weighted by atomic mass is 16.5. The number of hydrogen-bond acceptors (Lipinski definition) is 3. The highest BCUT2D eigenvalue weighted by molar-refractivity contribution is 4.83. The molecule has 1 N–H and O–H groups in total. The number of hydrogen-bond donors (Lipinski definition) is 1. The summed E-state index contributed by atoms with van der Waals surface area (Å²) in [7, 11) is 1.78. The van der Waals surface area contributed by atoms with Crippen molar-refractivity contribution in [3.05, 3.63) is 0 Å². The third-order valence-electron chi connectivity index (χ3n) is 3.17. The van der Waals surface area contributed by atoms with Crippen molar-refractivity contribution in [3.8, 4) is 0 Å². The maximum absolute atomic E-state index is 5.22. The van der Waals surface area contributed by atoms with E-state index in [1.54, 1.807) is 7.11 Å². The maximum atomic E-state index is 5.22. The molecule has 0 spiro atoms. The Bertz CT molecular complexity index is 199. The van der Waals surface area contributed by atoms with Crippen molar-refractivity contribution < 1.29 is 4.74 Å². The zero-order valence-corrected chi connectivity index (χ0v) is 13.5. The number of nitrogens with one attached hydrogen (secondary N) is 1. The molecule has 0 aliphatic rings. The molecule has 18 heavy (non-hydrogen) atoms. The van der Waals surface area contributed by atoms with Crippen molar-refractivity contribution >= 4 is 0 Å². The SMILES string of the molecule is CCNC(CN(CCOC)CC(C)C)C(C)(C)C. The molecule has 3 nitrogen and oxygen atoms in total. The minimum Gasteiger partial charge on any atom is -0.383 e. The van der Waals surface area contributed by atoms with E-state index in [9.17, 15) is 0 Å². The molecule has 0 aliphatic carbocycles. The predicted molar refractivity (Wildman–Crippen MR) is 80.1 cm³/mol. The number of rotatable bonds is 9. The van der Waals surface area contributed by atoms with Crippen LogP contribution in [0.2, 0.25) is 0 Å². The van der Waals surface area contributed by atoms with E-state index in [1.165, 1.54) is 0 Å². The van der Waals surface area contributed by atoms with Gasteiger partial charge in [0, 0.05) is 32.8 Å². The minimum absolute atomic E-state index is 0.290. The van der Waals surface area contributed by atoms with Gasteiger partial charge in [-0.1, -0.05) is 41.5 Å². The fourth-order valence-electron chi connectivity index (χ4n) is 2.14. The van der Waals surface area contributed by atoms with Gasteiger partial charge in [0.2, 0.25) is 0 Å². The van der Waals surface area contributed by atoms with Gasteiger partial charge in [-0.25, -0.2) is 0 Å². The lowest BCUT2D eigenvalue weighted by Gasteiger charge is -2.36. The smallest absolute Gasteiger partial charge is 0.0589 e. The van der Waals surface area contributed by atoms with Crippen molar-refractivity contribution in [1.82, 2.24) is 10.2 Å². The molecular weight excluding hydrogens is 224 g/mol. The van der Waals surface area contributed by atoms with Crippen LogP contribution in [-0.4, -0.2) is 50.8 Å². The lowest BCUT2D eigenvalue weighted by molar-refractivity contribution is 0.114. The summed E-state index contributed by atoms with van der Waals surface area (Å²) in [5, 5.41) is 3.62. The molecule has 0 radical (unpaired) electrons. The van der Waals surface area contributed by atoms with Crippen LogP contribution in [0, 0.1) is 11.3 Å². The quantitative estimate of drug-likeness (QED) is 0.688. The van der Waals surface area contributed by atoms with E-state index in [-0.39, 0.29) is 5.41 Å². The Kier molecular flexibility index (Phi) is 8.83. The largest absolute Gasteiger partial charge is 0.383 e. The van der Waals surface area contributed by atoms with Crippen LogP contribution in [0.25, 0.3) is 0 Å². The highest BCUT2D eigenvalue weighted by Gasteiger charge is 2.25. The first-order chi connectivity index (χ1) is 8.31. The minimum atomic E-state index is 0.290. The van der Waals surface area contributed by atoms with Gasteiger partial charge >= 0.3 is 0 Å². The van der Waals surface area contributed by atoms with Crippen molar-refractivity contribution in [1.29, 1.82) is 0 Å². The van der Waals surface area contributed by atoms with Crippen LogP contribution in [0.4, 0.5) is 0 Å². The second kappa shape index (κ2) is 8.89. The standard InChI is InChI=1S/C15H34N2O/c1-8-16-14(15(4,5)6)12-17(9-10-18-7)11-13(2)3/h13-14,16H,8-12H2,1-7H3. The Labute approximate surface area is 114 Å². The van der Waals surface area contributed by atoms with Gasteiger partial charge in [-0.15, -0.1) is 0 Å². The molecule has 110 valence electrons. The molecule has 0 saturated carbocycles. The molecule has 0 aliphatic heterocycles. The first-order valence-electron chi connectivity index (χ1n) is 7.25. The van der Waals surface area contributed by atoms with Gasteiger partial charge in [-0.05, 0) is 17.9 Å². The van der Waals surface area contributed by atoms with Gasteiger partial charge in [-0.3, -0.25) is 4.90 Å². The summed E-state index contributed by atoms with van der Waals surface area (Å²) in [6, 6.07) is 0.526. The second-order valence-corrected chi connectivity index (χ2v) is 6.62. The van der Waals surface area contributed by atoms with Crippen LogP contribution in [0.15, 0.2) is 0 Å². The third-order valence-corrected chi connectivity index (χ3v) is 3.17. The zero-order chi connectivity index (χ0) is 14.2. The van der Waals surface area contributed by atoms with E-state index in [1.807, 2.05) is 0 Å². The summed E-state index contributed by atoms with van der Waals surface area (Å²) >= 11 is 0. The summed E-state index contributed by atoms with van der Waals surface area (Å²) in [6.07, 6.45) is 0. The molecular formula is C15H34N2O. The summed E-state index contributed by atoms with van der Waals surface area (Å²) < 4.78 is 5.22. The number of nitrogens with zero attached hydrogens (tertiary/aromatic N) is 1. The molecule has 0 amide bonds. The third kappa shape index (κ3) is 8.06. The van der Waals surface area contributed by atoms with Crippen LogP contribution in [-0.2, 0) is 4.74 Å². The normalized spacial score (nSPS) is 14.5. The molecule has 0 aromatic carbocycles. The van der Waals surface area contributed by atoms with Crippen LogP contribution in [0.5, 0.6) is 0 Å². The Morgan fingerprint density at radius 2 is 1.78 bits per heavy atom. The highest BCUT2D eigenvalue weighted by Crippen LogP contribution is 2.20. The molecule has 0 heterocycles. The Morgan fingerprint density at radius 3 is 2.17 bits per heavy atom. The van der Waals surface area contributed by atoms with Gasteiger partial charge in [-0.2, -0.15) is 0 Å². The summed E-state index contributed by atoms with van der Waals surface area (Å²) in [5.74, 6) is 0.698. The molecule has 1 atom stereocenters. The Morgan fingerprint density at radius 1 is 1.17 bits per heavy atom. The summed E-state index contributed by atoms with van der Waals surface area (Å²) in [5.41, 5.74) is 0.290. The molecule has 0 saturated heterocycles. The number of ether oxygens (including phenoxy) is 1.